The van der Waals surface area contributed by atoms with E-state index in [2.05, 4.69) is 10.2 Å². The van der Waals surface area contributed by atoms with Crippen molar-refractivity contribution in [1.82, 2.24) is 10.2 Å². The molecule has 0 aromatic heterocycles. The third-order valence-electron chi connectivity index (χ3n) is 3.43. The zero-order valence-electron chi connectivity index (χ0n) is 8.54. The Balaban J connectivity index is 2.01. The molecule has 1 amide bonds. The van der Waals surface area contributed by atoms with Crippen molar-refractivity contribution in [3.05, 3.63) is 0 Å². The van der Waals surface area contributed by atoms with E-state index in [0.29, 0.717) is 6.04 Å². The van der Waals surface area contributed by atoms with Crippen LogP contribution in [0.4, 0.5) is 0 Å². The number of likely N-dealkylation sites (tertiary alicyclic amines) is 1. The van der Waals surface area contributed by atoms with Crippen LogP contribution in [-0.4, -0.2) is 43.0 Å². The molecule has 0 spiro atoms. The topological polar surface area (TPSA) is 58.4 Å². The predicted octanol–water partition coefficient (Wildman–Crippen LogP) is -0.454. The number of carbonyl (C=O) groups is 1. The Labute approximate surface area is 84.8 Å². The Morgan fingerprint density at radius 1 is 1.36 bits per heavy atom. The summed E-state index contributed by atoms with van der Waals surface area (Å²) in [5.41, 5.74) is 5.43. The molecular formula is C10H19N3O. The third kappa shape index (κ3) is 1.91. The number of primary amides is 1. The van der Waals surface area contributed by atoms with Crippen LogP contribution in [-0.2, 0) is 4.79 Å². The van der Waals surface area contributed by atoms with Gasteiger partial charge in [-0.3, -0.25) is 9.69 Å². The smallest absolute Gasteiger partial charge is 0.222 e. The maximum atomic E-state index is 11.3. The summed E-state index contributed by atoms with van der Waals surface area (Å²) < 4.78 is 0. The lowest BCUT2D eigenvalue weighted by Crippen LogP contribution is -2.54. The van der Waals surface area contributed by atoms with E-state index in [4.69, 9.17) is 5.73 Å². The largest absolute Gasteiger partial charge is 0.369 e. The quantitative estimate of drug-likeness (QED) is 0.630. The van der Waals surface area contributed by atoms with E-state index < -0.39 is 0 Å². The predicted molar refractivity (Wildman–Crippen MR) is 54.8 cm³/mol. The lowest BCUT2D eigenvalue weighted by Gasteiger charge is -2.36. The summed E-state index contributed by atoms with van der Waals surface area (Å²) in [7, 11) is 0. The standard InChI is InChI=1S/C10H19N3O/c11-10(14)8-3-4-12-7-9(8)13-5-1-2-6-13/h8-9,12H,1-7H2,(H2,11,14). The summed E-state index contributed by atoms with van der Waals surface area (Å²) in [5.74, 6) is -0.0576. The van der Waals surface area contributed by atoms with Crippen molar-refractivity contribution in [3.63, 3.8) is 0 Å². The zero-order valence-corrected chi connectivity index (χ0v) is 8.54. The minimum absolute atomic E-state index is 0.0642. The molecule has 2 rings (SSSR count). The molecule has 2 aliphatic rings. The van der Waals surface area contributed by atoms with Crippen molar-refractivity contribution in [2.24, 2.45) is 11.7 Å². The van der Waals surface area contributed by atoms with E-state index in [1.54, 1.807) is 0 Å². The number of nitrogens with two attached hydrogens (primary N) is 1. The highest BCUT2D eigenvalue weighted by molar-refractivity contribution is 5.77. The van der Waals surface area contributed by atoms with Gasteiger partial charge in [-0.1, -0.05) is 0 Å². The molecule has 80 valence electrons. The summed E-state index contributed by atoms with van der Waals surface area (Å²) >= 11 is 0. The van der Waals surface area contributed by atoms with Gasteiger partial charge >= 0.3 is 0 Å². The molecule has 0 aromatic carbocycles. The van der Waals surface area contributed by atoms with Crippen molar-refractivity contribution in [2.75, 3.05) is 26.2 Å². The van der Waals surface area contributed by atoms with Crippen LogP contribution >= 0.6 is 0 Å². The molecule has 0 aliphatic carbocycles. The van der Waals surface area contributed by atoms with Crippen LogP contribution < -0.4 is 11.1 Å². The summed E-state index contributed by atoms with van der Waals surface area (Å²) in [5, 5.41) is 3.35. The molecule has 0 aromatic rings. The van der Waals surface area contributed by atoms with Gasteiger partial charge in [-0.2, -0.15) is 0 Å². The van der Waals surface area contributed by atoms with Crippen LogP contribution in [0.3, 0.4) is 0 Å². The molecule has 0 radical (unpaired) electrons. The number of amides is 1. The average molecular weight is 197 g/mol. The SMILES string of the molecule is NC(=O)C1CCNCC1N1CCCC1. The zero-order chi connectivity index (χ0) is 9.97. The van der Waals surface area contributed by atoms with Crippen molar-refractivity contribution in [3.8, 4) is 0 Å². The molecule has 2 aliphatic heterocycles. The van der Waals surface area contributed by atoms with E-state index in [1.165, 1.54) is 12.8 Å². The second kappa shape index (κ2) is 4.28. The molecule has 2 heterocycles. The minimum Gasteiger partial charge on any atom is -0.369 e. The number of hydrogen-bond donors (Lipinski definition) is 2. The normalized spacial score (nSPS) is 34.6. The summed E-state index contributed by atoms with van der Waals surface area (Å²) in [6.45, 7) is 4.12. The number of piperidine rings is 1. The van der Waals surface area contributed by atoms with Gasteiger partial charge in [0.2, 0.25) is 5.91 Å². The maximum Gasteiger partial charge on any atom is 0.222 e. The fourth-order valence-corrected chi connectivity index (χ4v) is 2.63. The highest BCUT2D eigenvalue weighted by atomic mass is 16.1. The molecule has 2 fully saturated rings. The molecule has 0 bridgehead atoms. The molecule has 14 heavy (non-hydrogen) atoms. The van der Waals surface area contributed by atoms with Gasteiger partial charge in [-0.15, -0.1) is 0 Å². The van der Waals surface area contributed by atoms with Crippen molar-refractivity contribution < 1.29 is 4.79 Å². The van der Waals surface area contributed by atoms with Crippen molar-refractivity contribution in [1.29, 1.82) is 0 Å². The van der Waals surface area contributed by atoms with E-state index in [0.717, 1.165) is 32.6 Å². The Kier molecular flexibility index (Phi) is 3.03. The summed E-state index contributed by atoms with van der Waals surface area (Å²) in [6, 6.07) is 0.351. The average Bonchev–Trinajstić information content (AvgIpc) is 2.70. The lowest BCUT2D eigenvalue weighted by atomic mass is 9.91. The van der Waals surface area contributed by atoms with Crippen LogP contribution in [0.5, 0.6) is 0 Å². The van der Waals surface area contributed by atoms with Crippen molar-refractivity contribution in [2.45, 2.75) is 25.3 Å². The van der Waals surface area contributed by atoms with Crippen LogP contribution in [0.1, 0.15) is 19.3 Å². The summed E-state index contributed by atoms with van der Waals surface area (Å²) in [6.07, 6.45) is 3.43. The monoisotopic (exact) mass is 197 g/mol. The van der Waals surface area contributed by atoms with Gasteiger partial charge in [-0.05, 0) is 38.9 Å². The maximum absolute atomic E-state index is 11.3. The molecule has 2 saturated heterocycles. The first-order valence-electron chi connectivity index (χ1n) is 5.53. The van der Waals surface area contributed by atoms with Gasteiger partial charge in [0.05, 0.1) is 5.92 Å². The second-order valence-electron chi connectivity index (χ2n) is 4.31. The van der Waals surface area contributed by atoms with Gasteiger partial charge < -0.3 is 11.1 Å². The molecule has 4 nitrogen and oxygen atoms in total. The Morgan fingerprint density at radius 2 is 2.07 bits per heavy atom. The fourth-order valence-electron chi connectivity index (χ4n) is 2.63. The first kappa shape index (κ1) is 9.93. The fraction of sp³-hybridized carbons (Fsp3) is 0.900. The number of nitrogens with one attached hydrogen (secondary N) is 1. The van der Waals surface area contributed by atoms with Gasteiger partial charge in [0, 0.05) is 12.6 Å². The molecule has 4 heteroatoms. The van der Waals surface area contributed by atoms with E-state index in [9.17, 15) is 4.79 Å². The Hall–Kier alpha value is -0.610. The van der Waals surface area contributed by atoms with Gasteiger partial charge in [0.15, 0.2) is 0 Å². The Morgan fingerprint density at radius 3 is 2.71 bits per heavy atom. The van der Waals surface area contributed by atoms with Gasteiger partial charge in [0.1, 0.15) is 0 Å². The second-order valence-corrected chi connectivity index (χ2v) is 4.31. The van der Waals surface area contributed by atoms with Crippen LogP contribution in [0, 0.1) is 5.92 Å². The number of hydrogen-bond acceptors (Lipinski definition) is 3. The number of carbonyl (C=O) groups excluding carboxylic acids is 1. The molecule has 0 saturated carbocycles. The molecule has 3 N–H and O–H groups in total. The Bertz CT molecular complexity index is 213. The molecule has 2 atom stereocenters. The van der Waals surface area contributed by atoms with E-state index in [1.807, 2.05) is 0 Å². The highest BCUT2D eigenvalue weighted by Crippen LogP contribution is 2.21. The van der Waals surface area contributed by atoms with Crippen molar-refractivity contribution >= 4 is 5.91 Å². The highest BCUT2D eigenvalue weighted by Gasteiger charge is 2.34. The van der Waals surface area contributed by atoms with Crippen LogP contribution in [0.15, 0.2) is 0 Å². The van der Waals surface area contributed by atoms with Gasteiger partial charge in [0.25, 0.3) is 0 Å². The van der Waals surface area contributed by atoms with E-state index in [-0.39, 0.29) is 11.8 Å². The number of rotatable bonds is 2. The molecular weight excluding hydrogens is 178 g/mol. The first-order valence-corrected chi connectivity index (χ1v) is 5.53. The van der Waals surface area contributed by atoms with E-state index >= 15 is 0 Å². The van der Waals surface area contributed by atoms with Crippen LogP contribution in [0.25, 0.3) is 0 Å². The first-order chi connectivity index (χ1) is 6.79. The lowest BCUT2D eigenvalue weighted by molar-refractivity contribution is -0.124. The van der Waals surface area contributed by atoms with Crippen LogP contribution in [0.2, 0.25) is 0 Å². The van der Waals surface area contributed by atoms with Gasteiger partial charge in [-0.25, -0.2) is 0 Å². The number of nitrogens with zero attached hydrogens (tertiary/aromatic N) is 1. The molecule has 2 unspecified atom stereocenters. The minimum atomic E-state index is -0.122. The third-order valence-corrected chi connectivity index (χ3v) is 3.43. The summed E-state index contributed by atoms with van der Waals surface area (Å²) in [4.78, 5) is 13.7.